The van der Waals surface area contributed by atoms with E-state index < -0.39 is 5.97 Å². The minimum atomic E-state index is -0.564. The largest absolute Gasteiger partial charge is 0.452 e. The van der Waals surface area contributed by atoms with Gasteiger partial charge in [-0.15, -0.1) is 0 Å². The third kappa shape index (κ3) is 16.9. The average Bonchev–Trinajstić information content (AvgIpc) is 2.56. The molecule has 0 aromatic heterocycles. The summed E-state index contributed by atoms with van der Waals surface area (Å²) in [6.07, 6.45) is 16.7. The van der Waals surface area contributed by atoms with Crippen molar-refractivity contribution in [3.05, 3.63) is 12.7 Å². The van der Waals surface area contributed by atoms with E-state index in [1.165, 1.54) is 64.2 Å². The van der Waals surface area contributed by atoms with Crippen LogP contribution in [0.15, 0.2) is 12.7 Å². The first-order chi connectivity index (χ1) is 11.2. The zero-order valence-electron chi connectivity index (χ0n) is 14.9. The molecule has 1 N–H and O–H groups in total. The molecule has 0 fully saturated rings. The molecule has 0 aromatic carbocycles. The minimum Gasteiger partial charge on any atom is -0.452 e. The van der Waals surface area contributed by atoms with Gasteiger partial charge in [-0.05, 0) is 6.42 Å². The van der Waals surface area contributed by atoms with Crippen LogP contribution in [0, 0.1) is 0 Å². The molecule has 1 amide bonds. The SMILES string of the molecule is C=CC(=O)OCC(=O)NCCCCCCCCCCCCCC. The Hall–Kier alpha value is -1.32. The maximum Gasteiger partial charge on any atom is 0.330 e. The van der Waals surface area contributed by atoms with E-state index in [0.29, 0.717) is 6.54 Å². The molecule has 0 aliphatic heterocycles. The fraction of sp³-hybridized carbons (Fsp3) is 0.789. The van der Waals surface area contributed by atoms with Gasteiger partial charge >= 0.3 is 5.97 Å². The summed E-state index contributed by atoms with van der Waals surface area (Å²) < 4.78 is 4.65. The minimum absolute atomic E-state index is 0.219. The van der Waals surface area contributed by atoms with Crippen LogP contribution < -0.4 is 5.32 Å². The number of hydrogen-bond donors (Lipinski definition) is 1. The standard InChI is InChI=1S/C19H35NO3/c1-3-5-6-7-8-9-10-11-12-13-14-15-16-20-18(21)17-23-19(22)4-2/h4H,2-3,5-17H2,1H3,(H,20,21). The lowest BCUT2D eigenvalue weighted by Crippen LogP contribution is -2.29. The maximum absolute atomic E-state index is 11.3. The quantitative estimate of drug-likeness (QED) is 0.258. The van der Waals surface area contributed by atoms with E-state index in [2.05, 4.69) is 23.6 Å². The van der Waals surface area contributed by atoms with Gasteiger partial charge in [0.15, 0.2) is 6.61 Å². The molecule has 0 radical (unpaired) electrons. The Morgan fingerprint density at radius 1 is 0.870 bits per heavy atom. The van der Waals surface area contributed by atoms with Gasteiger partial charge in [0.25, 0.3) is 5.91 Å². The number of amides is 1. The molecule has 0 heterocycles. The second kappa shape index (κ2) is 17.0. The monoisotopic (exact) mass is 325 g/mol. The molecule has 0 bridgehead atoms. The summed E-state index contributed by atoms with van der Waals surface area (Å²) in [5.41, 5.74) is 0. The van der Waals surface area contributed by atoms with Crippen molar-refractivity contribution >= 4 is 11.9 Å². The van der Waals surface area contributed by atoms with Gasteiger partial charge in [-0.3, -0.25) is 4.79 Å². The van der Waals surface area contributed by atoms with Crippen LogP contribution in [-0.4, -0.2) is 25.0 Å². The summed E-state index contributed by atoms with van der Waals surface area (Å²) in [6, 6.07) is 0. The highest BCUT2D eigenvalue weighted by atomic mass is 16.5. The molecule has 0 aliphatic carbocycles. The van der Waals surface area contributed by atoms with Crippen molar-refractivity contribution in [3.8, 4) is 0 Å². The molecule has 0 unspecified atom stereocenters. The lowest BCUT2D eigenvalue weighted by molar-refractivity contribution is -0.143. The molecule has 23 heavy (non-hydrogen) atoms. The average molecular weight is 325 g/mol. The molecule has 0 aliphatic rings. The molecule has 4 nitrogen and oxygen atoms in total. The van der Waals surface area contributed by atoms with Gasteiger partial charge in [-0.2, -0.15) is 0 Å². The lowest BCUT2D eigenvalue weighted by atomic mass is 10.1. The fourth-order valence-electron chi connectivity index (χ4n) is 2.44. The van der Waals surface area contributed by atoms with Gasteiger partial charge in [-0.1, -0.05) is 84.1 Å². The van der Waals surface area contributed by atoms with E-state index in [-0.39, 0.29) is 12.5 Å². The number of nitrogens with one attached hydrogen (secondary N) is 1. The fourth-order valence-corrected chi connectivity index (χ4v) is 2.44. The van der Waals surface area contributed by atoms with Crippen LogP contribution in [0.4, 0.5) is 0 Å². The van der Waals surface area contributed by atoms with Gasteiger partial charge in [0.1, 0.15) is 0 Å². The highest BCUT2D eigenvalue weighted by Gasteiger charge is 2.03. The van der Waals surface area contributed by atoms with Crippen molar-refractivity contribution in [3.63, 3.8) is 0 Å². The summed E-state index contributed by atoms with van der Waals surface area (Å²) >= 11 is 0. The zero-order chi connectivity index (χ0) is 17.2. The number of carbonyl (C=O) groups excluding carboxylic acids is 2. The number of unbranched alkanes of at least 4 members (excludes halogenated alkanes) is 11. The Kier molecular flexibility index (Phi) is 16.1. The van der Waals surface area contributed by atoms with Gasteiger partial charge in [0.2, 0.25) is 0 Å². The van der Waals surface area contributed by atoms with Crippen LogP contribution in [0.3, 0.4) is 0 Å². The molecule has 0 aromatic rings. The van der Waals surface area contributed by atoms with E-state index in [1.54, 1.807) is 0 Å². The van der Waals surface area contributed by atoms with Crippen molar-refractivity contribution in [2.45, 2.75) is 84.0 Å². The second-order valence-electron chi connectivity index (χ2n) is 6.05. The van der Waals surface area contributed by atoms with Crippen LogP contribution in [0.2, 0.25) is 0 Å². The first-order valence-corrected chi connectivity index (χ1v) is 9.26. The summed E-state index contributed by atoms with van der Waals surface area (Å²) in [7, 11) is 0. The van der Waals surface area contributed by atoms with Gasteiger partial charge in [-0.25, -0.2) is 4.79 Å². The first-order valence-electron chi connectivity index (χ1n) is 9.26. The van der Waals surface area contributed by atoms with E-state index >= 15 is 0 Å². The predicted molar refractivity (Wildman–Crippen MR) is 95.2 cm³/mol. The number of carbonyl (C=O) groups is 2. The summed E-state index contributed by atoms with van der Waals surface area (Å²) in [5.74, 6) is -0.811. The van der Waals surface area contributed by atoms with E-state index in [1.807, 2.05) is 0 Å². The second-order valence-corrected chi connectivity index (χ2v) is 6.05. The van der Waals surface area contributed by atoms with E-state index in [0.717, 1.165) is 18.9 Å². The topological polar surface area (TPSA) is 55.4 Å². The Morgan fingerprint density at radius 2 is 1.35 bits per heavy atom. The summed E-state index contributed by atoms with van der Waals surface area (Å²) in [6.45, 7) is 5.96. The van der Waals surface area contributed by atoms with Crippen molar-refractivity contribution < 1.29 is 14.3 Å². The Labute approximate surface area is 142 Å². The number of rotatable bonds is 16. The van der Waals surface area contributed by atoms with Crippen LogP contribution in [-0.2, 0) is 14.3 Å². The van der Waals surface area contributed by atoms with Gasteiger partial charge in [0, 0.05) is 12.6 Å². The van der Waals surface area contributed by atoms with E-state index in [9.17, 15) is 9.59 Å². The zero-order valence-corrected chi connectivity index (χ0v) is 14.9. The Balaban J connectivity index is 3.17. The smallest absolute Gasteiger partial charge is 0.330 e. The molecule has 0 saturated carbocycles. The van der Waals surface area contributed by atoms with Crippen molar-refractivity contribution in [1.29, 1.82) is 0 Å². The Bertz CT molecular complexity index is 316. The summed E-state index contributed by atoms with van der Waals surface area (Å²) in [4.78, 5) is 22.1. The third-order valence-electron chi connectivity index (χ3n) is 3.86. The number of hydrogen-bond acceptors (Lipinski definition) is 3. The van der Waals surface area contributed by atoms with Crippen LogP contribution in [0.25, 0.3) is 0 Å². The van der Waals surface area contributed by atoms with Crippen LogP contribution in [0.5, 0.6) is 0 Å². The van der Waals surface area contributed by atoms with Crippen molar-refractivity contribution in [2.24, 2.45) is 0 Å². The van der Waals surface area contributed by atoms with Crippen molar-refractivity contribution in [2.75, 3.05) is 13.2 Å². The molecule has 134 valence electrons. The molecule has 0 saturated heterocycles. The molecular weight excluding hydrogens is 290 g/mol. The maximum atomic E-state index is 11.3. The highest BCUT2D eigenvalue weighted by Crippen LogP contribution is 2.11. The molecule has 0 rings (SSSR count). The van der Waals surface area contributed by atoms with Gasteiger partial charge in [0.05, 0.1) is 0 Å². The first kappa shape index (κ1) is 21.7. The van der Waals surface area contributed by atoms with Crippen LogP contribution in [0.1, 0.15) is 84.0 Å². The third-order valence-corrected chi connectivity index (χ3v) is 3.86. The molecular formula is C19H35NO3. The highest BCUT2D eigenvalue weighted by molar-refractivity contribution is 5.85. The van der Waals surface area contributed by atoms with Crippen LogP contribution >= 0.6 is 0 Å². The lowest BCUT2D eigenvalue weighted by Gasteiger charge is -2.05. The molecule has 4 heteroatoms. The normalized spacial score (nSPS) is 10.3. The van der Waals surface area contributed by atoms with E-state index in [4.69, 9.17) is 0 Å². The molecule has 0 spiro atoms. The summed E-state index contributed by atoms with van der Waals surface area (Å²) in [5, 5.41) is 2.75. The van der Waals surface area contributed by atoms with Crippen molar-refractivity contribution in [1.82, 2.24) is 5.32 Å². The Morgan fingerprint density at radius 3 is 1.83 bits per heavy atom. The number of esters is 1. The van der Waals surface area contributed by atoms with Gasteiger partial charge < -0.3 is 10.1 Å². The molecule has 0 atom stereocenters. The number of ether oxygens (including phenoxy) is 1. The predicted octanol–water partition coefficient (Wildman–Crippen LogP) is 4.53.